The lowest BCUT2D eigenvalue weighted by Crippen LogP contribution is -2.68. The van der Waals surface area contributed by atoms with Gasteiger partial charge in [-0.25, -0.2) is 18.2 Å². The van der Waals surface area contributed by atoms with Crippen molar-refractivity contribution < 1.29 is 22.4 Å². The molecule has 0 spiro atoms. The number of hydrogen-bond acceptors (Lipinski definition) is 3. The van der Waals surface area contributed by atoms with Gasteiger partial charge in [0.25, 0.3) is 0 Å². The molecule has 2 bridgehead atoms. The van der Waals surface area contributed by atoms with Gasteiger partial charge in [-0.05, 0) is 37.2 Å². The first kappa shape index (κ1) is 17.6. The van der Waals surface area contributed by atoms with Crippen LogP contribution in [0.2, 0.25) is 0 Å². The number of pyridine rings is 1. The number of fused-ring (bicyclic) bond motifs is 1. The van der Waals surface area contributed by atoms with Crippen molar-refractivity contribution in [3.63, 3.8) is 0 Å². The molecule has 3 saturated carbocycles. The number of amides is 1. The quantitative estimate of drug-likeness (QED) is 0.623. The fourth-order valence-corrected chi connectivity index (χ4v) is 5.27. The van der Waals surface area contributed by atoms with E-state index in [1.807, 2.05) is 0 Å². The minimum atomic E-state index is -2.33. The molecular weight excluding hydrogens is 376 g/mol. The van der Waals surface area contributed by atoms with Crippen LogP contribution in [0, 0.1) is 22.6 Å². The summed E-state index contributed by atoms with van der Waals surface area (Å²) in [5, 5.41) is 7.33. The molecule has 0 saturated heterocycles. The Morgan fingerprint density at radius 3 is 2.75 bits per heavy atom. The maximum absolute atomic E-state index is 14.0. The normalized spacial score (nSPS) is 30.0. The second kappa shape index (κ2) is 5.78. The van der Waals surface area contributed by atoms with Crippen molar-refractivity contribution in [2.24, 2.45) is 10.8 Å². The van der Waals surface area contributed by atoms with E-state index in [9.17, 15) is 22.4 Å². The summed E-state index contributed by atoms with van der Waals surface area (Å²) < 4.78 is 54.3. The van der Waals surface area contributed by atoms with Crippen molar-refractivity contribution in [1.29, 1.82) is 0 Å². The van der Waals surface area contributed by atoms with Crippen LogP contribution in [0.25, 0.3) is 11.3 Å². The third-order valence-electron chi connectivity index (χ3n) is 6.41. The van der Waals surface area contributed by atoms with E-state index >= 15 is 0 Å². The summed E-state index contributed by atoms with van der Waals surface area (Å²) in [6.45, 7) is 0.553. The number of nitrogens with one attached hydrogen (secondary N) is 1. The first-order valence-corrected chi connectivity index (χ1v) is 9.28. The molecule has 0 unspecified atom stereocenters. The number of rotatable bonds is 5. The van der Waals surface area contributed by atoms with Gasteiger partial charge >= 0.3 is 0 Å². The molecule has 4 aliphatic rings. The molecule has 1 aliphatic heterocycles. The van der Waals surface area contributed by atoms with Gasteiger partial charge in [0.05, 0.1) is 29.0 Å². The van der Waals surface area contributed by atoms with Gasteiger partial charge in [-0.3, -0.25) is 9.48 Å². The van der Waals surface area contributed by atoms with E-state index in [2.05, 4.69) is 15.4 Å². The summed E-state index contributed by atoms with van der Waals surface area (Å²) >= 11 is 0. The first-order valence-electron chi connectivity index (χ1n) is 9.28. The van der Waals surface area contributed by atoms with Gasteiger partial charge in [0.15, 0.2) is 5.82 Å². The molecule has 3 fully saturated rings. The van der Waals surface area contributed by atoms with E-state index in [0.717, 1.165) is 18.0 Å². The van der Waals surface area contributed by atoms with Gasteiger partial charge in [0.2, 0.25) is 18.3 Å². The van der Waals surface area contributed by atoms with Crippen LogP contribution in [0.4, 0.5) is 17.6 Å². The van der Waals surface area contributed by atoms with Crippen LogP contribution in [-0.4, -0.2) is 27.1 Å². The van der Waals surface area contributed by atoms with Gasteiger partial charge in [-0.2, -0.15) is 9.49 Å². The molecule has 5 nitrogen and oxygen atoms in total. The highest BCUT2D eigenvalue weighted by molar-refractivity contribution is 5.86. The van der Waals surface area contributed by atoms with Crippen LogP contribution in [0.3, 0.4) is 0 Å². The van der Waals surface area contributed by atoms with E-state index < -0.39 is 23.6 Å². The number of carbonyl (C=O) groups is 1. The molecule has 2 aromatic rings. The maximum Gasteiger partial charge on any atom is 0.239 e. The Balaban J connectivity index is 1.30. The monoisotopic (exact) mass is 394 g/mol. The topological polar surface area (TPSA) is 59.8 Å². The van der Waals surface area contributed by atoms with Crippen molar-refractivity contribution in [3.05, 3.63) is 35.8 Å². The molecule has 9 heteroatoms. The molecule has 0 aromatic carbocycles. The summed E-state index contributed by atoms with van der Waals surface area (Å²) in [6, 6.07) is 2.37. The number of hydrogen-bond donors (Lipinski definition) is 1. The molecule has 3 aliphatic carbocycles. The fraction of sp³-hybridized carbons (Fsp3) is 0.526. The highest BCUT2D eigenvalue weighted by Crippen LogP contribution is 2.75. The molecule has 1 amide bonds. The van der Waals surface area contributed by atoms with Gasteiger partial charge in [-0.15, -0.1) is 0 Å². The molecule has 2 aromatic heterocycles. The van der Waals surface area contributed by atoms with E-state index in [0.29, 0.717) is 32.2 Å². The van der Waals surface area contributed by atoms with E-state index in [4.69, 9.17) is 0 Å². The second-order valence-corrected chi connectivity index (χ2v) is 8.39. The molecule has 148 valence electrons. The number of alkyl halides is 2. The Morgan fingerprint density at radius 2 is 2.04 bits per heavy atom. The molecule has 3 heterocycles. The SMILES string of the molecule is O=C(N[C@H]1CCn2nc(-c3cc(F)ncc3F)cc21)C12CC(CC(F)F)(C1)C2. The zero-order valence-corrected chi connectivity index (χ0v) is 14.9. The Bertz CT molecular complexity index is 953. The minimum Gasteiger partial charge on any atom is -0.347 e. The second-order valence-electron chi connectivity index (χ2n) is 8.39. The molecule has 6 rings (SSSR count). The molecule has 28 heavy (non-hydrogen) atoms. The van der Waals surface area contributed by atoms with Crippen molar-refractivity contribution >= 4 is 5.91 Å². The Morgan fingerprint density at radius 1 is 1.29 bits per heavy atom. The van der Waals surface area contributed by atoms with Crippen LogP contribution in [0.5, 0.6) is 0 Å². The third kappa shape index (κ3) is 2.55. The predicted molar refractivity (Wildman–Crippen MR) is 90.2 cm³/mol. The Kier molecular flexibility index (Phi) is 3.64. The van der Waals surface area contributed by atoms with Gasteiger partial charge in [0, 0.05) is 24.6 Å². The smallest absolute Gasteiger partial charge is 0.239 e. The number of carbonyl (C=O) groups excluding carboxylic acids is 1. The van der Waals surface area contributed by atoms with Gasteiger partial charge < -0.3 is 5.32 Å². The van der Waals surface area contributed by atoms with Gasteiger partial charge in [-0.1, -0.05) is 0 Å². The average Bonchev–Trinajstić information content (AvgIpc) is 3.13. The largest absolute Gasteiger partial charge is 0.347 e. The molecule has 1 N–H and O–H groups in total. The standard InChI is InChI=1S/C19H18F4N4O/c20-11-6-24-16(23)3-10(11)13-4-14-12(1-2-27(14)26-13)25-17(28)19-7-18(8-19,9-19)5-15(21)22/h3-4,6,12,15H,1-2,5,7-9H2,(H,25,28)/t12-,18?,19?/m0/s1. The van der Waals surface area contributed by atoms with E-state index in [1.54, 1.807) is 10.7 Å². The Hall–Kier alpha value is -2.45. The molecule has 0 radical (unpaired) electrons. The average molecular weight is 394 g/mol. The fourth-order valence-electron chi connectivity index (χ4n) is 5.27. The van der Waals surface area contributed by atoms with Crippen LogP contribution in [0.1, 0.15) is 43.8 Å². The predicted octanol–water partition coefficient (Wildman–Crippen LogP) is 3.61. The zero-order valence-electron chi connectivity index (χ0n) is 14.9. The van der Waals surface area contributed by atoms with Crippen molar-refractivity contribution in [1.82, 2.24) is 20.1 Å². The highest BCUT2D eigenvalue weighted by Gasteiger charge is 2.71. The lowest BCUT2D eigenvalue weighted by Gasteiger charge is -2.69. The first-order chi connectivity index (χ1) is 13.3. The summed E-state index contributed by atoms with van der Waals surface area (Å²) in [5.74, 6) is -1.57. The number of aryl methyl sites for hydroxylation is 1. The van der Waals surface area contributed by atoms with Crippen molar-refractivity contribution in [2.75, 3.05) is 0 Å². The van der Waals surface area contributed by atoms with Crippen molar-refractivity contribution in [2.45, 2.75) is 51.1 Å². The highest BCUT2D eigenvalue weighted by atomic mass is 19.3. The zero-order chi connectivity index (χ0) is 19.7. The van der Waals surface area contributed by atoms with E-state index in [-0.39, 0.29) is 35.0 Å². The molecular formula is C19H18F4N4O. The number of aromatic nitrogens is 3. The minimum absolute atomic E-state index is 0.0211. The lowest BCUT2D eigenvalue weighted by atomic mass is 9.34. The van der Waals surface area contributed by atoms with Gasteiger partial charge in [0.1, 0.15) is 0 Å². The summed E-state index contributed by atoms with van der Waals surface area (Å²) in [5.41, 5.74) is 0.181. The van der Waals surface area contributed by atoms with Crippen LogP contribution >= 0.6 is 0 Å². The third-order valence-corrected chi connectivity index (χ3v) is 6.41. The summed E-state index contributed by atoms with van der Waals surface area (Å²) in [4.78, 5) is 16.0. The number of halogens is 4. The van der Waals surface area contributed by atoms with Crippen LogP contribution in [-0.2, 0) is 11.3 Å². The number of nitrogens with zero attached hydrogens (tertiary/aromatic N) is 3. The van der Waals surface area contributed by atoms with Crippen LogP contribution in [0.15, 0.2) is 18.3 Å². The molecule has 1 atom stereocenters. The maximum atomic E-state index is 14.0. The summed E-state index contributed by atoms with van der Waals surface area (Å²) in [7, 11) is 0. The Labute approximate surface area is 158 Å². The van der Waals surface area contributed by atoms with Crippen molar-refractivity contribution in [3.8, 4) is 11.3 Å². The lowest BCUT2D eigenvalue weighted by molar-refractivity contribution is -0.220. The van der Waals surface area contributed by atoms with Crippen LogP contribution < -0.4 is 5.32 Å². The summed E-state index contributed by atoms with van der Waals surface area (Å²) in [6.07, 6.45) is 0.572. The van der Waals surface area contributed by atoms with E-state index in [1.165, 1.54) is 0 Å².